The first-order valence-corrected chi connectivity index (χ1v) is 7.20. The lowest BCUT2D eigenvalue weighted by molar-refractivity contribution is 0.242. The summed E-state index contributed by atoms with van der Waals surface area (Å²) in [7, 11) is 2.02. The van der Waals surface area contributed by atoms with Crippen LogP contribution >= 0.6 is 39.9 Å². The van der Waals surface area contributed by atoms with Crippen LogP contribution in [0, 0.1) is 0 Å². The van der Waals surface area contributed by atoms with Crippen LogP contribution in [0.2, 0.25) is 5.02 Å². The Morgan fingerprint density at radius 2 is 2.28 bits per heavy atom. The molecule has 102 valence electrons. The lowest BCUT2D eigenvalue weighted by Gasteiger charge is -2.24. The van der Waals surface area contributed by atoms with E-state index in [1.165, 1.54) is 24.9 Å². The molecule has 0 amide bonds. The smallest absolute Gasteiger partial charge is 0.0548 e. The molecule has 2 nitrogen and oxygen atoms in total. The normalized spacial score (nSPS) is 19.8. The number of benzene rings is 1. The molecule has 0 spiro atoms. The minimum atomic E-state index is 0. The zero-order valence-electron chi connectivity index (χ0n) is 10.5. The van der Waals surface area contributed by atoms with Gasteiger partial charge in [0.2, 0.25) is 0 Å². The molecule has 2 rings (SSSR count). The van der Waals surface area contributed by atoms with Crippen LogP contribution in [-0.2, 0) is 6.54 Å². The fraction of sp³-hybridized carbons (Fsp3) is 0.538. The highest BCUT2D eigenvalue weighted by Gasteiger charge is 2.23. The zero-order valence-corrected chi connectivity index (χ0v) is 13.6. The molecule has 0 aromatic heterocycles. The van der Waals surface area contributed by atoms with Crippen molar-refractivity contribution in [2.45, 2.75) is 25.4 Å². The number of halogens is 3. The molecule has 1 aromatic carbocycles. The third-order valence-electron chi connectivity index (χ3n) is 3.31. The summed E-state index contributed by atoms with van der Waals surface area (Å²) in [6.45, 7) is 3.30. The standard InChI is InChI=1S/C13H18BrClN2.ClH/c1-16-8-11-3-2-6-17(11)9-10-4-5-13(15)12(14)7-10;/h4-5,7,11,16H,2-3,6,8-9H2,1H3;1H. The average molecular weight is 354 g/mol. The van der Waals surface area contributed by atoms with Crippen molar-refractivity contribution in [2.75, 3.05) is 20.1 Å². The van der Waals surface area contributed by atoms with Crippen LogP contribution < -0.4 is 5.32 Å². The predicted molar refractivity (Wildman–Crippen MR) is 83.8 cm³/mol. The van der Waals surface area contributed by atoms with Crippen molar-refractivity contribution < 1.29 is 0 Å². The van der Waals surface area contributed by atoms with Crippen molar-refractivity contribution >= 4 is 39.9 Å². The molecular formula is C13H19BrCl2N2. The van der Waals surface area contributed by atoms with Crippen LogP contribution in [0.5, 0.6) is 0 Å². The lowest BCUT2D eigenvalue weighted by atomic mass is 10.2. The van der Waals surface area contributed by atoms with E-state index in [9.17, 15) is 0 Å². The fourth-order valence-corrected chi connectivity index (χ4v) is 2.99. The predicted octanol–water partition coefficient (Wildman–Crippen LogP) is 3.71. The summed E-state index contributed by atoms with van der Waals surface area (Å²) in [4.78, 5) is 2.55. The van der Waals surface area contributed by atoms with E-state index < -0.39 is 0 Å². The molecule has 1 aromatic rings. The summed E-state index contributed by atoms with van der Waals surface area (Å²) < 4.78 is 0.987. The summed E-state index contributed by atoms with van der Waals surface area (Å²) >= 11 is 9.48. The highest BCUT2D eigenvalue weighted by atomic mass is 79.9. The number of nitrogens with one attached hydrogen (secondary N) is 1. The molecule has 1 fully saturated rings. The van der Waals surface area contributed by atoms with E-state index >= 15 is 0 Å². The van der Waals surface area contributed by atoms with Gasteiger partial charge in [-0.2, -0.15) is 0 Å². The first-order valence-electron chi connectivity index (χ1n) is 6.03. The molecule has 0 bridgehead atoms. The molecule has 1 atom stereocenters. The Kier molecular flexibility index (Phi) is 6.96. The van der Waals surface area contributed by atoms with Crippen molar-refractivity contribution in [1.29, 1.82) is 0 Å². The molecule has 1 heterocycles. The van der Waals surface area contributed by atoms with E-state index in [4.69, 9.17) is 11.6 Å². The van der Waals surface area contributed by atoms with Crippen molar-refractivity contribution in [2.24, 2.45) is 0 Å². The third kappa shape index (κ3) is 4.10. The molecule has 1 N–H and O–H groups in total. The Morgan fingerprint density at radius 1 is 1.50 bits per heavy atom. The maximum Gasteiger partial charge on any atom is 0.0548 e. The Bertz CT molecular complexity index is 387. The largest absolute Gasteiger partial charge is 0.318 e. The number of hydrogen-bond acceptors (Lipinski definition) is 2. The lowest BCUT2D eigenvalue weighted by Crippen LogP contribution is -2.36. The second kappa shape index (κ2) is 7.71. The highest BCUT2D eigenvalue weighted by molar-refractivity contribution is 9.10. The van der Waals surface area contributed by atoms with Crippen molar-refractivity contribution in [3.63, 3.8) is 0 Å². The molecular weight excluding hydrogens is 335 g/mol. The third-order valence-corrected chi connectivity index (χ3v) is 4.52. The number of rotatable bonds is 4. The van der Waals surface area contributed by atoms with Crippen molar-refractivity contribution in [3.8, 4) is 0 Å². The summed E-state index contributed by atoms with van der Waals surface area (Å²) in [6, 6.07) is 6.87. The summed E-state index contributed by atoms with van der Waals surface area (Å²) in [6.07, 6.45) is 2.61. The molecule has 0 saturated carbocycles. The van der Waals surface area contributed by atoms with E-state index in [1.54, 1.807) is 0 Å². The number of likely N-dealkylation sites (N-methyl/N-ethyl adjacent to an activating group) is 1. The molecule has 1 unspecified atom stereocenters. The molecule has 5 heteroatoms. The van der Waals surface area contributed by atoms with E-state index in [-0.39, 0.29) is 12.4 Å². The number of likely N-dealkylation sites (tertiary alicyclic amines) is 1. The minimum Gasteiger partial charge on any atom is -0.318 e. The van der Waals surface area contributed by atoms with Gasteiger partial charge in [0, 0.05) is 23.6 Å². The summed E-state index contributed by atoms with van der Waals surface area (Å²) in [5.74, 6) is 0. The summed E-state index contributed by atoms with van der Waals surface area (Å²) in [5, 5.41) is 4.05. The van der Waals surface area contributed by atoms with Crippen LogP contribution in [-0.4, -0.2) is 31.1 Å². The quantitative estimate of drug-likeness (QED) is 0.887. The van der Waals surface area contributed by atoms with Crippen molar-refractivity contribution in [3.05, 3.63) is 33.3 Å². The zero-order chi connectivity index (χ0) is 12.3. The second-order valence-corrected chi connectivity index (χ2v) is 5.83. The van der Waals surface area contributed by atoms with E-state index in [2.05, 4.69) is 38.3 Å². The van der Waals surface area contributed by atoms with Gasteiger partial charge < -0.3 is 5.32 Å². The molecule has 1 aliphatic rings. The van der Waals surface area contributed by atoms with E-state index in [0.29, 0.717) is 6.04 Å². The number of hydrogen-bond donors (Lipinski definition) is 1. The number of nitrogens with zero attached hydrogens (tertiary/aromatic N) is 1. The maximum absolute atomic E-state index is 6.01. The first kappa shape index (κ1) is 16.3. The van der Waals surface area contributed by atoms with Gasteiger partial charge in [-0.3, -0.25) is 4.90 Å². The SMILES string of the molecule is CNCC1CCCN1Cc1ccc(Cl)c(Br)c1.Cl. The first-order chi connectivity index (χ1) is 8.20. The highest BCUT2D eigenvalue weighted by Crippen LogP contribution is 2.25. The Hall–Kier alpha value is 0.200. The summed E-state index contributed by atoms with van der Waals surface area (Å²) in [5.41, 5.74) is 1.32. The van der Waals surface area contributed by atoms with Crippen LogP contribution in [0.4, 0.5) is 0 Å². The van der Waals surface area contributed by atoms with Gasteiger partial charge in [-0.15, -0.1) is 12.4 Å². The minimum absolute atomic E-state index is 0. The van der Waals surface area contributed by atoms with Gasteiger partial charge in [0.1, 0.15) is 0 Å². The topological polar surface area (TPSA) is 15.3 Å². The molecule has 0 aliphatic carbocycles. The Labute approximate surface area is 129 Å². The Morgan fingerprint density at radius 3 is 2.94 bits per heavy atom. The van der Waals surface area contributed by atoms with Gasteiger partial charge in [0.15, 0.2) is 0 Å². The molecule has 0 radical (unpaired) electrons. The molecule has 1 aliphatic heterocycles. The second-order valence-electron chi connectivity index (χ2n) is 4.57. The molecule has 1 saturated heterocycles. The Balaban J connectivity index is 0.00000162. The van der Waals surface area contributed by atoms with Gasteiger partial charge in [-0.25, -0.2) is 0 Å². The molecule has 18 heavy (non-hydrogen) atoms. The van der Waals surface area contributed by atoms with Gasteiger partial charge in [0.25, 0.3) is 0 Å². The monoisotopic (exact) mass is 352 g/mol. The van der Waals surface area contributed by atoms with E-state index in [0.717, 1.165) is 22.6 Å². The average Bonchev–Trinajstić information content (AvgIpc) is 2.72. The van der Waals surface area contributed by atoms with Crippen LogP contribution in [0.15, 0.2) is 22.7 Å². The maximum atomic E-state index is 6.01. The van der Waals surface area contributed by atoms with Crippen LogP contribution in [0.25, 0.3) is 0 Å². The van der Waals surface area contributed by atoms with Gasteiger partial charge in [0.05, 0.1) is 5.02 Å². The van der Waals surface area contributed by atoms with Crippen molar-refractivity contribution in [1.82, 2.24) is 10.2 Å². The van der Waals surface area contributed by atoms with E-state index in [1.807, 2.05) is 13.1 Å². The van der Waals surface area contributed by atoms with Crippen LogP contribution in [0.3, 0.4) is 0 Å². The van der Waals surface area contributed by atoms with Crippen LogP contribution in [0.1, 0.15) is 18.4 Å². The van der Waals surface area contributed by atoms with Gasteiger partial charge in [-0.05, 0) is 60.1 Å². The fourth-order valence-electron chi connectivity index (χ4n) is 2.44. The van der Waals surface area contributed by atoms with Gasteiger partial charge in [-0.1, -0.05) is 17.7 Å². The van der Waals surface area contributed by atoms with Gasteiger partial charge >= 0.3 is 0 Å².